The Hall–Kier alpha value is -1.70. The Morgan fingerprint density at radius 2 is 1.95 bits per heavy atom. The molecule has 0 aromatic heterocycles. The molecule has 0 saturated carbocycles. The van der Waals surface area contributed by atoms with E-state index in [0.717, 1.165) is 18.7 Å². The zero-order valence-electron chi connectivity index (χ0n) is 10.9. The lowest BCUT2D eigenvalue weighted by Crippen LogP contribution is -2.32. The van der Waals surface area contributed by atoms with Crippen molar-refractivity contribution in [1.82, 2.24) is 0 Å². The maximum Gasteiger partial charge on any atom is 0.418 e. The third kappa shape index (κ3) is 2.72. The Morgan fingerprint density at radius 3 is 2.43 bits per heavy atom. The fourth-order valence-corrected chi connectivity index (χ4v) is 2.78. The van der Waals surface area contributed by atoms with Gasteiger partial charge < -0.3 is 0 Å². The molecule has 0 amide bonds. The van der Waals surface area contributed by atoms with Crippen molar-refractivity contribution in [3.8, 4) is 0 Å². The van der Waals surface area contributed by atoms with E-state index in [1.54, 1.807) is 0 Å². The molecule has 1 aromatic rings. The number of Topliss-reactive ketones (excluding diaryl/α,β-unsaturated/α-hetero) is 2. The first-order valence-electron chi connectivity index (χ1n) is 5.74. The summed E-state index contributed by atoms with van der Waals surface area (Å²) in [4.78, 5) is 27.5. The minimum absolute atomic E-state index is 0.0166. The van der Waals surface area contributed by atoms with Crippen LogP contribution >= 0.6 is 11.8 Å². The van der Waals surface area contributed by atoms with E-state index in [2.05, 4.69) is 4.99 Å². The molecule has 0 saturated heterocycles. The highest BCUT2D eigenvalue weighted by Crippen LogP contribution is 2.42. The van der Waals surface area contributed by atoms with Gasteiger partial charge in [-0.2, -0.15) is 13.2 Å². The van der Waals surface area contributed by atoms with E-state index >= 15 is 0 Å². The molecule has 112 valence electrons. The Bertz CT molecular complexity index is 667. The Balaban J connectivity index is 2.77. The second-order valence-electron chi connectivity index (χ2n) is 4.41. The van der Waals surface area contributed by atoms with Gasteiger partial charge in [-0.3, -0.25) is 9.59 Å². The molecule has 2 rings (SSSR count). The smallest absolute Gasteiger partial charge is 0.299 e. The summed E-state index contributed by atoms with van der Waals surface area (Å²) < 4.78 is 52.2. The van der Waals surface area contributed by atoms with Gasteiger partial charge in [0.25, 0.3) is 0 Å². The molecule has 1 atom stereocenters. The first-order valence-corrected chi connectivity index (χ1v) is 6.97. The lowest BCUT2D eigenvalue weighted by Gasteiger charge is -2.23. The van der Waals surface area contributed by atoms with Crippen LogP contribution in [0.25, 0.3) is 0 Å². The molecule has 0 aliphatic carbocycles. The molecule has 21 heavy (non-hydrogen) atoms. The zero-order valence-corrected chi connectivity index (χ0v) is 11.7. The Morgan fingerprint density at radius 1 is 1.33 bits per heavy atom. The second kappa shape index (κ2) is 5.25. The van der Waals surface area contributed by atoms with E-state index in [0.29, 0.717) is 12.1 Å². The van der Waals surface area contributed by atoms with Gasteiger partial charge in [-0.05, 0) is 25.3 Å². The molecule has 1 aromatic carbocycles. The number of fused-ring (bicyclic) bond motifs is 1. The maximum atomic E-state index is 13.4. The molecule has 0 spiro atoms. The van der Waals surface area contributed by atoms with Crippen LogP contribution in [0.3, 0.4) is 0 Å². The number of halogens is 4. The van der Waals surface area contributed by atoms with E-state index < -0.39 is 46.3 Å². The number of carbonyl (C=O) groups excluding carboxylic acids is 2. The number of alkyl halides is 3. The summed E-state index contributed by atoms with van der Waals surface area (Å²) in [5.74, 6) is -3.87. The number of nitrogens with zero attached hydrogens (tertiary/aromatic N) is 1. The number of benzene rings is 1. The van der Waals surface area contributed by atoms with Gasteiger partial charge >= 0.3 is 6.18 Å². The van der Waals surface area contributed by atoms with Crippen LogP contribution in [-0.2, 0) is 11.0 Å². The predicted octanol–water partition coefficient (Wildman–Crippen LogP) is 3.64. The van der Waals surface area contributed by atoms with Crippen molar-refractivity contribution in [3.05, 3.63) is 29.1 Å². The largest absolute Gasteiger partial charge is 0.418 e. The molecule has 3 nitrogen and oxygen atoms in total. The van der Waals surface area contributed by atoms with Gasteiger partial charge in [0.1, 0.15) is 17.5 Å². The Labute approximate surface area is 121 Å². The van der Waals surface area contributed by atoms with Gasteiger partial charge in [-0.1, -0.05) is 0 Å². The Kier molecular flexibility index (Phi) is 3.92. The topological polar surface area (TPSA) is 46.5 Å². The number of thioether (sulfide) groups is 1. The SMILES string of the molecule is CSC1=Nc2c(cc(F)cc2C(F)(F)F)C(=O)C1C(C)=O. The van der Waals surface area contributed by atoms with E-state index in [1.165, 1.54) is 6.26 Å². The molecule has 1 aliphatic rings. The molecule has 8 heteroatoms. The van der Waals surface area contributed by atoms with Gasteiger partial charge in [0.15, 0.2) is 5.78 Å². The third-order valence-corrected chi connectivity index (χ3v) is 3.74. The highest BCUT2D eigenvalue weighted by molar-refractivity contribution is 8.13. The number of rotatable bonds is 1. The summed E-state index contributed by atoms with van der Waals surface area (Å²) in [7, 11) is 0. The molecule has 0 bridgehead atoms. The summed E-state index contributed by atoms with van der Waals surface area (Å²) in [5, 5.41) is -0.0166. The van der Waals surface area contributed by atoms with Crippen molar-refractivity contribution in [2.24, 2.45) is 10.9 Å². The van der Waals surface area contributed by atoms with Crippen LogP contribution in [0.1, 0.15) is 22.8 Å². The van der Waals surface area contributed by atoms with Crippen molar-refractivity contribution in [1.29, 1.82) is 0 Å². The number of aliphatic imine (C=N–C) groups is 1. The van der Waals surface area contributed by atoms with Crippen molar-refractivity contribution in [2.75, 3.05) is 6.26 Å². The van der Waals surface area contributed by atoms with Gasteiger partial charge in [0.05, 0.1) is 16.3 Å². The number of carbonyl (C=O) groups is 2. The first kappa shape index (κ1) is 15.7. The fourth-order valence-electron chi connectivity index (χ4n) is 2.09. The standard InChI is InChI=1S/C13H9F4NO2S/c1-5(19)9-11(20)7-3-6(14)4-8(13(15,16)17)10(7)18-12(9)21-2/h3-4,9H,1-2H3. The molecule has 1 unspecified atom stereocenters. The van der Waals surface area contributed by atoms with Gasteiger partial charge in [-0.25, -0.2) is 9.38 Å². The van der Waals surface area contributed by atoms with Crippen LogP contribution in [0.15, 0.2) is 17.1 Å². The molecule has 1 aliphatic heterocycles. The van der Waals surface area contributed by atoms with Crippen molar-refractivity contribution in [2.45, 2.75) is 13.1 Å². The first-order chi connectivity index (χ1) is 9.66. The lowest BCUT2D eigenvalue weighted by atomic mass is 9.90. The molecular formula is C13H9F4NO2S. The highest BCUT2D eigenvalue weighted by atomic mass is 32.2. The zero-order chi connectivity index (χ0) is 15.9. The quantitative estimate of drug-likeness (QED) is 0.586. The fraction of sp³-hybridized carbons (Fsp3) is 0.308. The maximum absolute atomic E-state index is 13.4. The number of hydrogen-bond donors (Lipinski definition) is 0. The summed E-state index contributed by atoms with van der Waals surface area (Å²) >= 11 is 0.920. The monoisotopic (exact) mass is 319 g/mol. The molecule has 0 N–H and O–H groups in total. The highest BCUT2D eigenvalue weighted by Gasteiger charge is 2.41. The van der Waals surface area contributed by atoms with Crippen LogP contribution in [0.5, 0.6) is 0 Å². The van der Waals surface area contributed by atoms with Gasteiger partial charge in [0, 0.05) is 5.56 Å². The minimum atomic E-state index is -4.84. The van der Waals surface area contributed by atoms with Crippen LogP contribution in [-0.4, -0.2) is 22.9 Å². The minimum Gasteiger partial charge on any atom is -0.299 e. The van der Waals surface area contributed by atoms with E-state index in [4.69, 9.17) is 0 Å². The molecule has 0 fully saturated rings. The molecular weight excluding hydrogens is 310 g/mol. The van der Waals surface area contributed by atoms with Crippen LogP contribution in [0, 0.1) is 11.7 Å². The van der Waals surface area contributed by atoms with Gasteiger partial charge in [-0.15, -0.1) is 11.8 Å². The van der Waals surface area contributed by atoms with Crippen LogP contribution in [0.2, 0.25) is 0 Å². The van der Waals surface area contributed by atoms with E-state index in [9.17, 15) is 27.2 Å². The summed E-state index contributed by atoms with van der Waals surface area (Å²) in [5.41, 5.74) is -2.46. The predicted molar refractivity (Wildman–Crippen MR) is 70.5 cm³/mol. The number of ketones is 2. The average molecular weight is 319 g/mol. The third-order valence-electron chi connectivity index (χ3n) is 2.99. The molecule has 0 radical (unpaired) electrons. The molecule has 1 heterocycles. The summed E-state index contributed by atoms with van der Waals surface area (Å²) in [6.45, 7) is 1.14. The average Bonchev–Trinajstić information content (AvgIpc) is 2.36. The van der Waals surface area contributed by atoms with Gasteiger partial charge in [0.2, 0.25) is 0 Å². The van der Waals surface area contributed by atoms with Crippen LogP contribution in [0.4, 0.5) is 23.2 Å². The normalized spacial score (nSPS) is 18.3. The number of hydrogen-bond acceptors (Lipinski definition) is 4. The van der Waals surface area contributed by atoms with Crippen molar-refractivity contribution in [3.63, 3.8) is 0 Å². The summed E-state index contributed by atoms with van der Waals surface area (Å²) in [6.07, 6.45) is -3.34. The van der Waals surface area contributed by atoms with Crippen molar-refractivity contribution < 1.29 is 27.2 Å². The van der Waals surface area contributed by atoms with E-state index in [1.807, 2.05) is 0 Å². The summed E-state index contributed by atoms with van der Waals surface area (Å²) in [6, 6.07) is 0.977. The van der Waals surface area contributed by atoms with E-state index in [-0.39, 0.29) is 5.04 Å². The van der Waals surface area contributed by atoms with Crippen LogP contribution < -0.4 is 0 Å². The van der Waals surface area contributed by atoms with Crippen molar-refractivity contribution >= 4 is 34.1 Å². The lowest BCUT2D eigenvalue weighted by molar-refractivity contribution is -0.137. The second-order valence-corrected chi connectivity index (χ2v) is 5.24.